The number of phenolic OH excluding ortho intramolecular Hbond substituents is 1. The fourth-order valence-corrected chi connectivity index (χ4v) is 1.25. The fourth-order valence-electron chi connectivity index (χ4n) is 1.25. The molecule has 1 radical (unpaired) electrons. The SMILES string of the molecule is [CH2]C(CO)c1cccc(O)c1C=C. The molecular weight excluding hydrogens is 164 g/mol. The van der Waals surface area contributed by atoms with Gasteiger partial charge < -0.3 is 10.2 Å². The summed E-state index contributed by atoms with van der Waals surface area (Å²) in [6.07, 6.45) is 1.57. The van der Waals surface area contributed by atoms with Gasteiger partial charge in [0.15, 0.2) is 0 Å². The quantitative estimate of drug-likeness (QED) is 0.740. The van der Waals surface area contributed by atoms with Crippen molar-refractivity contribution < 1.29 is 10.2 Å². The third-order valence-corrected chi connectivity index (χ3v) is 1.98. The average Bonchev–Trinajstić information content (AvgIpc) is 2.16. The first-order valence-electron chi connectivity index (χ1n) is 4.09. The van der Waals surface area contributed by atoms with Gasteiger partial charge in [0.2, 0.25) is 0 Å². The molecule has 69 valence electrons. The number of aliphatic hydroxyl groups excluding tert-OH is 1. The summed E-state index contributed by atoms with van der Waals surface area (Å²) in [5.74, 6) is -0.0466. The number of phenols is 1. The van der Waals surface area contributed by atoms with E-state index in [9.17, 15) is 5.11 Å². The van der Waals surface area contributed by atoms with Gasteiger partial charge in [-0.15, -0.1) is 0 Å². The van der Waals surface area contributed by atoms with Crippen molar-refractivity contribution in [2.75, 3.05) is 6.61 Å². The first kappa shape index (κ1) is 9.81. The van der Waals surface area contributed by atoms with Crippen LogP contribution in [0, 0.1) is 6.92 Å². The van der Waals surface area contributed by atoms with Crippen LogP contribution in [0.2, 0.25) is 0 Å². The van der Waals surface area contributed by atoms with Crippen LogP contribution in [0.15, 0.2) is 24.8 Å². The van der Waals surface area contributed by atoms with Crippen molar-refractivity contribution in [3.05, 3.63) is 42.8 Å². The molecule has 0 aliphatic rings. The Kier molecular flexibility index (Phi) is 3.09. The van der Waals surface area contributed by atoms with E-state index in [4.69, 9.17) is 5.11 Å². The Morgan fingerprint density at radius 1 is 1.46 bits per heavy atom. The van der Waals surface area contributed by atoms with Gasteiger partial charge in [0, 0.05) is 18.1 Å². The molecule has 0 aromatic heterocycles. The van der Waals surface area contributed by atoms with Crippen molar-refractivity contribution >= 4 is 6.08 Å². The summed E-state index contributed by atoms with van der Waals surface area (Å²) >= 11 is 0. The lowest BCUT2D eigenvalue weighted by molar-refractivity contribution is 0.282. The van der Waals surface area contributed by atoms with E-state index >= 15 is 0 Å². The minimum absolute atomic E-state index is 0.0374. The van der Waals surface area contributed by atoms with Gasteiger partial charge in [-0.25, -0.2) is 0 Å². The van der Waals surface area contributed by atoms with E-state index in [1.165, 1.54) is 0 Å². The van der Waals surface area contributed by atoms with E-state index in [2.05, 4.69) is 13.5 Å². The predicted octanol–water partition coefficient (Wildman–Crippen LogP) is 1.95. The van der Waals surface area contributed by atoms with Crippen molar-refractivity contribution in [2.24, 2.45) is 0 Å². The molecule has 0 saturated heterocycles. The van der Waals surface area contributed by atoms with E-state index < -0.39 is 0 Å². The van der Waals surface area contributed by atoms with Gasteiger partial charge in [0.1, 0.15) is 5.75 Å². The van der Waals surface area contributed by atoms with Crippen molar-refractivity contribution in [2.45, 2.75) is 5.92 Å². The highest BCUT2D eigenvalue weighted by Gasteiger charge is 2.10. The summed E-state index contributed by atoms with van der Waals surface area (Å²) in [6.45, 7) is 7.33. The number of hydrogen-bond acceptors (Lipinski definition) is 2. The standard InChI is InChI=1S/C11H13O2/c1-3-9-10(8(2)7-12)5-4-6-11(9)13/h3-6,8,12-13H,1-2,7H2. The minimum Gasteiger partial charge on any atom is -0.507 e. The number of aliphatic hydroxyl groups is 1. The molecule has 0 fully saturated rings. The summed E-state index contributed by atoms with van der Waals surface area (Å²) in [7, 11) is 0. The van der Waals surface area contributed by atoms with Gasteiger partial charge in [-0.3, -0.25) is 0 Å². The molecule has 13 heavy (non-hydrogen) atoms. The zero-order valence-electron chi connectivity index (χ0n) is 7.40. The minimum atomic E-state index is -0.222. The Bertz CT molecular complexity index is 305. The topological polar surface area (TPSA) is 40.5 Å². The molecule has 1 aromatic rings. The molecular formula is C11H13O2. The molecule has 2 nitrogen and oxygen atoms in total. The summed E-state index contributed by atoms with van der Waals surface area (Å²) in [4.78, 5) is 0. The maximum Gasteiger partial charge on any atom is 0.123 e. The first-order chi connectivity index (χ1) is 6.20. The molecule has 2 heteroatoms. The largest absolute Gasteiger partial charge is 0.507 e. The van der Waals surface area contributed by atoms with Crippen LogP contribution in [-0.4, -0.2) is 16.8 Å². The van der Waals surface area contributed by atoms with Crippen LogP contribution in [0.3, 0.4) is 0 Å². The van der Waals surface area contributed by atoms with E-state index in [0.717, 1.165) is 5.56 Å². The van der Waals surface area contributed by atoms with Gasteiger partial charge in [-0.1, -0.05) is 24.8 Å². The van der Waals surface area contributed by atoms with E-state index in [1.54, 1.807) is 18.2 Å². The van der Waals surface area contributed by atoms with Crippen molar-refractivity contribution in [1.29, 1.82) is 0 Å². The summed E-state index contributed by atoms with van der Waals surface area (Å²) in [5.41, 5.74) is 1.47. The van der Waals surface area contributed by atoms with E-state index in [-0.39, 0.29) is 18.3 Å². The number of rotatable bonds is 3. The second-order valence-electron chi connectivity index (χ2n) is 2.86. The highest BCUT2D eigenvalue weighted by molar-refractivity contribution is 5.60. The highest BCUT2D eigenvalue weighted by Crippen LogP contribution is 2.27. The maximum absolute atomic E-state index is 9.46. The van der Waals surface area contributed by atoms with Crippen LogP contribution in [0.25, 0.3) is 6.08 Å². The molecule has 1 unspecified atom stereocenters. The molecule has 0 amide bonds. The van der Waals surface area contributed by atoms with Crippen molar-refractivity contribution in [3.8, 4) is 5.75 Å². The lowest BCUT2D eigenvalue weighted by Gasteiger charge is -2.12. The third kappa shape index (κ3) is 1.90. The molecule has 0 heterocycles. The Morgan fingerprint density at radius 3 is 2.69 bits per heavy atom. The Hall–Kier alpha value is -1.28. The first-order valence-corrected chi connectivity index (χ1v) is 4.09. The normalized spacial score (nSPS) is 12.5. The number of hydrogen-bond donors (Lipinski definition) is 2. The molecule has 1 aromatic carbocycles. The monoisotopic (exact) mass is 177 g/mol. The second-order valence-corrected chi connectivity index (χ2v) is 2.86. The summed E-state index contributed by atoms with van der Waals surface area (Å²) < 4.78 is 0. The number of aromatic hydroxyl groups is 1. The lowest BCUT2D eigenvalue weighted by atomic mass is 9.96. The fraction of sp³-hybridized carbons (Fsp3) is 0.182. The van der Waals surface area contributed by atoms with E-state index in [0.29, 0.717) is 5.56 Å². The van der Waals surface area contributed by atoms with Crippen LogP contribution in [-0.2, 0) is 0 Å². The molecule has 1 atom stereocenters. The van der Waals surface area contributed by atoms with Crippen LogP contribution in [0.4, 0.5) is 0 Å². The van der Waals surface area contributed by atoms with Gasteiger partial charge in [-0.05, 0) is 18.6 Å². The Morgan fingerprint density at radius 2 is 2.15 bits per heavy atom. The zero-order chi connectivity index (χ0) is 9.84. The van der Waals surface area contributed by atoms with Crippen LogP contribution in [0.5, 0.6) is 5.75 Å². The van der Waals surface area contributed by atoms with Crippen molar-refractivity contribution in [3.63, 3.8) is 0 Å². The smallest absolute Gasteiger partial charge is 0.123 e. The molecule has 0 aliphatic heterocycles. The van der Waals surface area contributed by atoms with Crippen LogP contribution < -0.4 is 0 Å². The average molecular weight is 177 g/mol. The Labute approximate surface area is 78.2 Å². The van der Waals surface area contributed by atoms with Crippen LogP contribution >= 0.6 is 0 Å². The molecule has 0 saturated carbocycles. The second kappa shape index (κ2) is 4.10. The lowest BCUT2D eigenvalue weighted by Crippen LogP contribution is -2.01. The maximum atomic E-state index is 9.46. The highest BCUT2D eigenvalue weighted by atomic mass is 16.3. The summed E-state index contributed by atoms with van der Waals surface area (Å²) in [6, 6.07) is 5.14. The molecule has 1 rings (SSSR count). The molecule has 0 aliphatic carbocycles. The number of benzene rings is 1. The van der Waals surface area contributed by atoms with E-state index in [1.807, 2.05) is 6.07 Å². The van der Waals surface area contributed by atoms with Crippen LogP contribution in [0.1, 0.15) is 17.0 Å². The Balaban J connectivity index is 3.19. The van der Waals surface area contributed by atoms with Gasteiger partial charge in [0.25, 0.3) is 0 Å². The van der Waals surface area contributed by atoms with Crippen molar-refractivity contribution in [1.82, 2.24) is 0 Å². The zero-order valence-corrected chi connectivity index (χ0v) is 7.40. The molecule has 0 spiro atoms. The van der Waals surface area contributed by atoms with Gasteiger partial charge in [-0.2, -0.15) is 0 Å². The van der Waals surface area contributed by atoms with Gasteiger partial charge >= 0.3 is 0 Å². The molecule has 0 bridgehead atoms. The van der Waals surface area contributed by atoms with Gasteiger partial charge in [0.05, 0.1) is 0 Å². The summed E-state index contributed by atoms with van der Waals surface area (Å²) in [5, 5.41) is 18.4. The molecule has 2 N–H and O–H groups in total. The predicted molar refractivity (Wildman–Crippen MR) is 53.4 cm³/mol. The third-order valence-electron chi connectivity index (χ3n) is 1.98.